The molecule has 1 amide bonds. The maximum absolute atomic E-state index is 12.3. The summed E-state index contributed by atoms with van der Waals surface area (Å²) in [4.78, 5) is 18.3. The smallest absolute Gasteiger partial charge is 0.244 e. The van der Waals surface area contributed by atoms with E-state index in [4.69, 9.17) is 0 Å². The minimum absolute atomic E-state index is 0.127. The molecule has 1 aliphatic rings. The summed E-state index contributed by atoms with van der Waals surface area (Å²) in [7, 11) is 1.80. The lowest BCUT2D eigenvalue weighted by Gasteiger charge is -2.30. The van der Waals surface area contributed by atoms with Crippen LogP contribution >= 0.6 is 0 Å². The van der Waals surface area contributed by atoms with Gasteiger partial charge in [0, 0.05) is 38.6 Å². The number of amides is 1. The van der Waals surface area contributed by atoms with Crippen molar-refractivity contribution in [1.29, 1.82) is 0 Å². The number of hydrogen-bond donors (Lipinski definition) is 2. The van der Waals surface area contributed by atoms with E-state index >= 15 is 0 Å². The van der Waals surface area contributed by atoms with E-state index in [-0.39, 0.29) is 11.9 Å². The van der Waals surface area contributed by atoms with Crippen molar-refractivity contribution in [2.75, 3.05) is 33.2 Å². The molecule has 2 rings (SSSR count). The molecule has 1 fully saturated rings. The van der Waals surface area contributed by atoms with Gasteiger partial charge in [0.25, 0.3) is 0 Å². The van der Waals surface area contributed by atoms with E-state index in [0.29, 0.717) is 0 Å². The normalized spacial score (nSPS) is 17.8. The maximum atomic E-state index is 12.3. The van der Waals surface area contributed by atoms with E-state index in [2.05, 4.69) is 15.6 Å². The third-order valence-electron chi connectivity index (χ3n) is 2.98. The molecular formula is C12H18N4O. The highest BCUT2D eigenvalue weighted by Gasteiger charge is 2.25. The summed E-state index contributed by atoms with van der Waals surface area (Å²) < 4.78 is 0. The van der Waals surface area contributed by atoms with Gasteiger partial charge in [-0.25, -0.2) is 0 Å². The van der Waals surface area contributed by atoms with Crippen LogP contribution in [0.5, 0.6) is 0 Å². The van der Waals surface area contributed by atoms with E-state index in [1.54, 1.807) is 19.4 Å². The van der Waals surface area contributed by atoms with Crippen LogP contribution in [0.3, 0.4) is 0 Å². The molecule has 1 atom stereocenters. The maximum Gasteiger partial charge on any atom is 0.244 e. The van der Waals surface area contributed by atoms with Crippen LogP contribution < -0.4 is 10.6 Å². The molecule has 1 aromatic heterocycles. The van der Waals surface area contributed by atoms with E-state index in [0.717, 1.165) is 31.7 Å². The van der Waals surface area contributed by atoms with Gasteiger partial charge in [0.1, 0.15) is 6.04 Å². The Hall–Kier alpha value is -1.46. The summed E-state index contributed by atoms with van der Waals surface area (Å²) in [6.07, 6.45) is 3.45. The Morgan fingerprint density at radius 2 is 2.29 bits per heavy atom. The first-order valence-electron chi connectivity index (χ1n) is 5.89. The van der Waals surface area contributed by atoms with Gasteiger partial charge < -0.3 is 15.5 Å². The Bertz CT molecular complexity index is 362. The predicted octanol–water partition coefficient (Wildman–Crippen LogP) is -0.226. The topological polar surface area (TPSA) is 57.3 Å². The Labute approximate surface area is 101 Å². The van der Waals surface area contributed by atoms with Crippen LogP contribution in [-0.4, -0.2) is 49.0 Å². The van der Waals surface area contributed by atoms with Gasteiger partial charge in [-0.3, -0.25) is 9.78 Å². The number of nitrogens with one attached hydrogen (secondary N) is 2. The van der Waals surface area contributed by atoms with Crippen molar-refractivity contribution in [1.82, 2.24) is 20.5 Å². The highest BCUT2D eigenvalue weighted by atomic mass is 16.2. The highest BCUT2D eigenvalue weighted by Crippen LogP contribution is 2.14. The molecule has 2 heterocycles. The van der Waals surface area contributed by atoms with Crippen molar-refractivity contribution >= 4 is 5.91 Å². The van der Waals surface area contributed by atoms with Gasteiger partial charge in [0.15, 0.2) is 0 Å². The highest BCUT2D eigenvalue weighted by molar-refractivity contribution is 5.83. The Balaban J connectivity index is 2.10. The SMILES string of the molecule is CNC(C(=O)N1CCNCC1)c1cccnc1. The van der Waals surface area contributed by atoms with Crippen LogP contribution in [-0.2, 0) is 4.79 Å². The van der Waals surface area contributed by atoms with Crippen molar-refractivity contribution in [3.05, 3.63) is 30.1 Å². The first kappa shape index (κ1) is 12.0. The van der Waals surface area contributed by atoms with Crippen molar-refractivity contribution in [3.8, 4) is 0 Å². The molecule has 0 aromatic carbocycles. The lowest BCUT2D eigenvalue weighted by molar-refractivity contribution is -0.134. The Kier molecular flexibility index (Phi) is 4.06. The number of carbonyl (C=O) groups is 1. The summed E-state index contributed by atoms with van der Waals surface area (Å²) >= 11 is 0. The van der Waals surface area contributed by atoms with E-state index in [1.165, 1.54) is 0 Å². The fourth-order valence-electron chi connectivity index (χ4n) is 2.05. The summed E-state index contributed by atoms with van der Waals surface area (Å²) in [5.74, 6) is 0.127. The minimum atomic E-state index is -0.290. The first-order valence-corrected chi connectivity index (χ1v) is 5.89. The summed E-state index contributed by atoms with van der Waals surface area (Å²) in [6.45, 7) is 3.29. The molecule has 0 aliphatic carbocycles. The van der Waals surface area contributed by atoms with Gasteiger partial charge in [0.05, 0.1) is 0 Å². The zero-order valence-electron chi connectivity index (χ0n) is 10.0. The molecule has 1 saturated heterocycles. The van der Waals surface area contributed by atoms with E-state index in [1.807, 2.05) is 17.0 Å². The van der Waals surface area contributed by atoms with Gasteiger partial charge in [-0.05, 0) is 18.7 Å². The van der Waals surface area contributed by atoms with Gasteiger partial charge in [-0.1, -0.05) is 6.07 Å². The molecule has 0 bridgehead atoms. The van der Waals surface area contributed by atoms with Gasteiger partial charge in [0.2, 0.25) is 5.91 Å². The van der Waals surface area contributed by atoms with Crippen molar-refractivity contribution in [2.45, 2.75) is 6.04 Å². The first-order chi connectivity index (χ1) is 8.33. The van der Waals surface area contributed by atoms with Crippen LogP contribution in [0.15, 0.2) is 24.5 Å². The minimum Gasteiger partial charge on any atom is -0.338 e. The second-order valence-electron chi connectivity index (χ2n) is 4.08. The third kappa shape index (κ3) is 2.81. The number of hydrogen-bond acceptors (Lipinski definition) is 4. The number of likely N-dealkylation sites (N-methyl/N-ethyl adjacent to an activating group) is 1. The monoisotopic (exact) mass is 234 g/mol. The lowest BCUT2D eigenvalue weighted by Crippen LogP contribution is -2.49. The van der Waals surface area contributed by atoms with Crippen molar-refractivity contribution in [2.24, 2.45) is 0 Å². The van der Waals surface area contributed by atoms with Crippen LogP contribution in [0.25, 0.3) is 0 Å². The van der Waals surface area contributed by atoms with E-state index < -0.39 is 0 Å². The molecule has 0 spiro atoms. The fraction of sp³-hybridized carbons (Fsp3) is 0.500. The molecule has 17 heavy (non-hydrogen) atoms. The number of nitrogens with zero attached hydrogens (tertiary/aromatic N) is 2. The van der Waals surface area contributed by atoms with Crippen molar-refractivity contribution < 1.29 is 4.79 Å². The molecule has 1 aliphatic heterocycles. The number of rotatable bonds is 3. The van der Waals surface area contributed by atoms with Crippen LogP contribution in [0.4, 0.5) is 0 Å². The number of pyridine rings is 1. The lowest BCUT2D eigenvalue weighted by atomic mass is 10.1. The summed E-state index contributed by atoms with van der Waals surface area (Å²) in [6, 6.07) is 3.49. The summed E-state index contributed by atoms with van der Waals surface area (Å²) in [5.41, 5.74) is 0.915. The molecular weight excluding hydrogens is 216 g/mol. The molecule has 1 unspecified atom stereocenters. The van der Waals surface area contributed by atoms with Gasteiger partial charge in [-0.15, -0.1) is 0 Å². The number of piperazine rings is 1. The zero-order valence-corrected chi connectivity index (χ0v) is 10.0. The third-order valence-corrected chi connectivity index (χ3v) is 2.98. The summed E-state index contributed by atoms with van der Waals surface area (Å²) in [5, 5.41) is 6.30. The van der Waals surface area contributed by atoms with Crippen LogP contribution in [0.2, 0.25) is 0 Å². The van der Waals surface area contributed by atoms with Crippen LogP contribution in [0.1, 0.15) is 11.6 Å². The fourth-order valence-corrected chi connectivity index (χ4v) is 2.05. The molecule has 5 heteroatoms. The standard InChI is InChI=1S/C12H18N4O/c1-13-11(10-3-2-4-15-9-10)12(17)16-7-5-14-6-8-16/h2-4,9,11,13-14H,5-8H2,1H3. The van der Waals surface area contributed by atoms with Crippen molar-refractivity contribution in [3.63, 3.8) is 0 Å². The van der Waals surface area contributed by atoms with Crippen LogP contribution in [0, 0.1) is 0 Å². The Morgan fingerprint density at radius 1 is 1.53 bits per heavy atom. The molecule has 0 saturated carbocycles. The van der Waals surface area contributed by atoms with E-state index in [9.17, 15) is 4.79 Å². The number of aromatic nitrogens is 1. The second kappa shape index (κ2) is 5.75. The average molecular weight is 234 g/mol. The molecule has 1 aromatic rings. The predicted molar refractivity (Wildman–Crippen MR) is 65.5 cm³/mol. The number of carbonyl (C=O) groups excluding carboxylic acids is 1. The second-order valence-corrected chi connectivity index (χ2v) is 4.08. The quantitative estimate of drug-likeness (QED) is 0.759. The average Bonchev–Trinajstić information content (AvgIpc) is 2.42. The van der Waals surface area contributed by atoms with Gasteiger partial charge >= 0.3 is 0 Å². The Morgan fingerprint density at radius 3 is 2.88 bits per heavy atom. The zero-order chi connectivity index (χ0) is 12.1. The molecule has 5 nitrogen and oxygen atoms in total. The van der Waals surface area contributed by atoms with Gasteiger partial charge in [-0.2, -0.15) is 0 Å². The molecule has 92 valence electrons. The molecule has 0 radical (unpaired) electrons. The molecule has 2 N–H and O–H groups in total. The largest absolute Gasteiger partial charge is 0.338 e.